The molecule has 4 aromatic rings. The van der Waals surface area contributed by atoms with E-state index >= 15 is 0 Å². The van der Waals surface area contributed by atoms with Gasteiger partial charge in [0.15, 0.2) is 11.6 Å². The summed E-state index contributed by atoms with van der Waals surface area (Å²) in [5, 5.41) is 28.6. The van der Waals surface area contributed by atoms with Crippen LogP contribution >= 0.6 is 0 Å². The fourth-order valence-electron chi connectivity index (χ4n) is 4.55. The third-order valence-electron chi connectivity index (χ3n) is 6.26. The molecule has 0 aliphatic heterocycles. The van der Waals surface area contributed by atoms with E-state index in [1.807, 2.05) is 48.5 Å². The van der Waals surface area contributed by atoms with E-state index in [2.05, 4.69) is 0 Å². The van der Waals surface area contributed by atoms with Gasteiger partial charge in [0.2, 0.25) is 5.78 Å². The number of carbonyl (C=O) groups is 4. The van der Waals surface area contributed by atoms with Gasteiger partial charge in [-0.3, -0.25) is 14.4 Å². The minimum atomic E-state index is -1.32. The molecule has 7 heteroatoms. The number of carboxylic acids is 1. The van der Waals surface area contributed by atoms with Crippen molar-refractivity contribution < 1.29 is 34.5 Å². The fourth-order valence-corrected chi connectivity index (χ4v) is 4.55. The second-order valence-corrected chi connectivity index (χ2v) is 8.40. The number of fused-ring (bicyclic) bond motifs is 4. The van der Waals surface area contributed by atoms with Gasteiger partial charge in [-0.2, -0.15) is 0 Å². The van der Waals surface area contributed by atoms with Crippen LogP contribution in [-0.4, -0.2) is 38.6 Å². The molecule has 0 unspecified atom stereocenters. The number of hydrogen-bond acceptors (Lipinski definition) is 6. The number of phenolic OH excluding ortho intramolecular Hbond substituents is 2. The van der Waals surface area contributed by atoms with Gasteiger partial charge in [-0.25, -0.2) is 4.79 Å². The van der Waals surface area contributed by atoms with Crippen LogP contribution in [0.3, 0.4) is 0 Å². The van der Waals surface area contributed by atoms with Crippen LogP contribution in [0, 0.1) is 0 Å². The SMILES string of the molecule is O=C(O)c1cc(O)c2c(c1)C(=O)c1cccc(O)c1C2=O.O=C1c2ccccc2Cc2ccccc21. The molecule has 0 aromatic heterocycles. The number of benzene rings is 4. The number of carboxylic acid groups (broad SMARTS) is 1. The van der Waals surface area contributed by atoms with Gasteiger partial charge in [0.25, 0.3) is 0 Å². The average molecular weight is 478 g/mol. The number of phenols is 2. The lowest BCUT2D eigenvalue weighted by atomic mass is 9.82. The molecule has 4 aromatic carbocycles. The van der Waals surface area contributed by atoms with Crippen LogP contribution in [0.1, 0.15) is 69.2 Å². The summed E-state index contributed by atoms with van der Waals surface area (Å²) < 4.78 is 0. The van der Waals surface area contributed by atoms with Crippen LogP contribution in [0.5, 0.6) is 11.5 Å². The minimum Gasteiger partial charge on any atom is -0.507 e. The lowest BCUT2D eigenvalue weighted by Crippen LogP contribution is -2.22. The summed E-state index contributed by atoms with van der Waals surface area (Å²) in [7, 11) is 0. The Bertz CT molecular complexity index is 1570. The largest absolute Gasteiger partial charge is 0.507 e. The Kier molecular flexibility index (Phi) is 5.45. The highest BCUT2D eigenvalue weighted by Crippen LogP contribution is 2.37. The molecule has 2 aliphatic carbocycles. The Balaban J connectivity index is 0.000000156. The highest BCUT2D eigenvalue weighted by Gasteiger charge is 2.35. The summed E-state index contributed by atoms with van der Waals surface area (Å²) in [5.41, 5.74) is 3.02. The minimum absolute atomic E-state index is 0.0190. The molecule has 2 aliphatic rings. The second-order valence-electron chi connectivity index (χ2n) is 8.40. The van der Waals surface area contributed by atoms with Crippen molar-refractivity contribution >= 4 is 23.3 Å². The van der Waals surface area contributed by atoms with E-state index in [0.29, 0.717) is 0 Å². The number of carbonyl (C=O) groups excluding carboxylic acids is 3. The molecule has 0 saturated carbocycles. The van der Waals surface area contributed by atoms with E-state index in [1.54, 1.807) is 0 Å². The molecule has 0 amide bonds. The molecule has 0 saturated heterocycles. The van der Waals surface area contributed by atoms with Crippen LogP contribution < -0.4 is 0 Å². The zero-order valence-electron chi connectivity index (χ0n) is 18.7. The van der Waals surface area contributed by atoms with Crippen molar-refractivity contribution in [1.29, 1.82) is 0 Å². The molecule has 0 radical (unpaired) electrons. The van der Waals surface area contributed by atoms with Crippen LogP contribution in [-0.2, 0) is 6.42 Å². The van der Waals surface area contributed by atoms with Crippen molar-refractivity contribution in [1.82, 2.24) is 0 Å². The molecule has 0 atom stereocenters. The van der Waals surface area contributed by atoms with Crippen molar-refractivity contribution in [2.75, 3.05) is 0 Å². The Morgan fingerprint density at radius 3 is 1.72 bits per heavy atom. The quantitative estimate of drug-likeness (QED) is 0.320. The monoisotopic (exact) mass is 478 g/mol. The Labute approximate surface area is 204 Å². The summed E-state index contributed by atoms with van der Waals surface area (Å²) >= 11 is 0. The number of aromatic carboxylic acids is 1. The summed E-state index contributed by atoms with van der Waals surface area (Å²) in [4.78, 5) is 47.8. The molecule has 0 heterocycles. The van der Waals surface area contributed by atoms with Crippen molar-refractivity contribution in [2.45, 2.75) is 6.42 Å². The second kappa shape index (κ2) is 8.63. The topological polar surface area (TPSA) is 129 Å². The molecule has 7 nitrogen and oxygen atoms in total. The standard InChI is InChI=1S/C15H8O6.C14H10O/c16-9-3-1-2-7-11(9)14(19)12-8(13(7)18)4-6(15(20)21)5-10(12)17;15-14-12-7-3-1-5-10(12)9-11-6-2-4-8-13(11)14/h1-5,16-17H,(H,20,21);1-8H,9H2. The lowest BCUT2D eigenvalue weighted by Gasteiger charge is -2.19. The summed E-state index contributed by atoms with van der Waals surface area (Å²) in [6, 6.07) is 21.7. The van der Waals surface area contributed by atoms with Crippen molar-refractivity contribution in [2.24, 2.45) is 0 Å². The van der Waals surface area contributed by atoms with Gasteiger partial charge >= 0.3 is 5.97 Å². The first-order valence-electron chi connectivity index (χ1n) is 11.0. The molecular formula is C29H18O7. The van der Waals surface area contributed by atoms with Crippen LogP contribution in [0.4, 0.5) is 0 Å². The maximum Gasteiger partial charge on any atom is 0.335 e. The third-order valence-corrected chi connectivity index (χ3v) is 6.26. The Hall–Kier alpha value is -5.04. The number of rotatable bonds is 1. The van der Waals surface area contributed by atoms with E-state index in [-0.39, 0.29) is 39.4 Å². The van der Waals surface area contributed by atoms with Gasteiger partial charge in [-0.15, -0.1) is 0 Å². The number of hydrogen-bond donors (Lipinski definition) is 3. The zero-order valence-corrected chi connectivity index (χ0v) is 18.7. The van der Waals surface area contributed by atoms with E-state index in [0.717, 1.165) is 40.8 Å². The molecule has 176 valence electrons. The van der Waals surface area contributed by atoms with Crippen LogP contribution in [0.2, 0.25) is 0 Å². The maximum atomic E-state index is 12.4. The molecular weight excluding hydrogens is 460 g/mol. The highest BCUT2D eigenvalue weighted by molar-refractivity contribution is 6.30. The summed E-state index contributed by atoms with van der Waals surface area (Å²) in [6.45, 7) is 0. The van der Waals surface area contributed by atoms with E-state index in [9.17, 15) is 29.4 Å². The molecule has 3 N–H and O–H groups in total. The van der Waals surface area contributed by atoms with E-state index in [1.165, 1.54) is 18.2 Å². The van der Waals surface area contributed by atoms with Crippen LogP contribution in [0.15, 0.2) is 78.9 Å². The van der Waals surface area contributed by atoms with Crippen molar-refractivity contribution in [3.8, 4) is 11.5 Å². The zero-order chi connectivity index (χ0) is 25.6. The predicted molar refractivity (Wildman–Crippen MR) is 129 cm³/mol. The number of aromatic hydroxyl groups is 2. The fraction of sp³-hybridized carbons (Fsp3) is 0.0345. The Morgan fingerprint density at radius 2 is 1.11 bits per heavy atom. The lowest BCUT2D eigenvalue weighted by molar-refractivity contribution is 0.0695. The smallest absolute Gasteiger partial charge is 0.335 e. The van der Waals surface area contributed by atoms with Crippen LogP contribution in [0.25, 0.3) is 0 Å². The number of ketones is 3. The molecule has 36 heavy (non-hydrogen) atoms. The van der Waals surface area contributed by atoms with Crippen molar-refractivity contribution in [3.05, 3.63) is 129 Å². The highest BCUT2D eigenvalue weighted by atomic mass is 16.4. The molecule has 0 bridgehead atoms. The molecule has 6 rings (SSSR count). The van der Waals surface area contributed by atoms with Crippen molar-refractivity contribution in [3.63, 3.8) is 0 Å². The van der Waals surface area contributed by atoms with Gasteiger partial charge in [-0.05, 0) is 35.7 Å². The summed E-state index contributed by atoms with van der Waals surface area (Å²) in [6.07, 6.45) is 0.873. The summed E-state index contributed by atoms with van der Waals surface area (Å²) in [5.74, 6) is -3.46. The van der Waals surface area contributed by atoms with Gasteiger partial charge in [0.1, 0.15) is 11.5 Å². The maximum absolute atomic E-state index is 12.4. The van der Waals surface area contributed by atoms with Gasteiger partial charge in [0, 0.05) is 22.3 Å². The Morgan fingerprint density at radius 1 is 0.583 bits per heavy atom. The van der Waals surface area contributed by atoms with Gasteiger partial charge in [0.05, 0.1) is 16.7 Å². The van der Waals surface area contributed by atoms with E-state index in [4.69, 9.17) is 5.11 Å². The normalized spacial score (nSPS) is 12.9. The first-order chi connectivity index (χ1) is 17.3. The van der Waals surface area contributed by atoms with Gasteiger partial charge < -0.3 is 15.3 Å². The average Bonchev–Trinajstić information content (AvgIpc) is 2.87. The predicted octanol–water partition coefficient (Wildman–Crippen LogP) is 4.39. The van der Waals surface area contributed by atoms with Gasteiger partial charge in [-0.1, -0.05) is 60.7 Å². The first kappa shape index (κ1) is 22.7. The molecule has 0 spiro atoms. The van der Waals surface area contributed by atoms with E-state index < -0.39 is 23.3 Å². The third kappa shape index (κ3) is 3.63. The molecule has 0 fully saturated rings. The first-order valence-corrected chi connectivity index (χ1v) is 11.0.